The lowest BCUT2D eigenvalue weighted by Gasteiger charge is -2.27. The van der Waals surface area contributed by atoms with Crippen LogP contribution in [-0.4, -0.2) is 41.5 Å². The van der Waals surface area contributed by atoms with Gasteiger partial charge in [-0.15, -0.1) is 17.9 Å². The minimum absolute atomic E-state index is 0.0539. The van der Waals surface area contributed by atoms with Gasteiger partial charge in [0.1, 0.15) is 6.54 Å². The number of alkyl halides is 3. The van der Waals surface area contributed by atoms with Crippen molar-refractivity contribution in [3.8, 4) is 11.5 Å². The van der Waals surface area contributed by atoms with E-state index in [1.54, 1.807) is 11.0 Å². The molecule has 0 radical (unpaired) electrons. The number of hydrogen-bond acceptors (Lipinski definition) is 5. The number of amides is 2. The summed E-state index contributed by atoms with van der Waals surface area (Å²) in [5.74, 6) is 0.357. The maximum atomic E-state index is 13.4. The second-order valence-electron chi connectivity index (χ2n) is 8.07. The van der Waals surface area contributed by atoms with E-state index >= 15 is 0 Å². The van der Waals surface area contributed by atoms with Crippen molar-refractivity contribution in [1.82, 2.24) is 9.80 Å². The molecule has 0 N–H and O–H groups in total. The van der Waals surface area contributed by atoms with Crippen molar-refractivity contribution in [2.45, 2.75) is 19.3 Å². The molecule has 10 heteroatoms. The van der Waals surface area contributed by atoms with E-state index in [2.05, 4.69) is 6.58 Å². The highest BCUT2D eigenvalue weighted by molar-refractivity contribution is 7.09. The van der Waals surface area contributed by atoms with Gasteiger partial charge in [0.25, 0.3) is 5.91 Å². The Hall–Kier alpha value is -3.79. The third-order valence-electron chi connectivity index (χ3n) is 5.51. The van der Waals surface area contributed by atoms with Crippen LogP contribution >= 0.6 is 11.3 Å². The maximum absolute atomic E-state index is 13.4. The molecule has 2 heterocycles. The first-order valence-electron chi connectivity index (χ1n) is 11.0. The third kappa shape index (κ3) is 6.06. The van der Waals surface area contributed by atoms with Crippen molar-refractivity contribution < 1.29 is 32.2 Å². The first kappa shape index (κ1) is 25.3. The molecule has 0 bridgehead atoms. The van der Waals surface area contributed by atoms with Crippen LogP contribution in [0.5, 0.6) is 11.5 Å². The van der Waals surface area contributed by atoms with Gasteiger partial charge < -0.3 is 19.3 Å². The van der Waals surface area contributed by atoms with Gasteiger partial charge in [-0.05, 0) is 53.4 Å². The zero-order chi connectivity index (χ0) is 25.7. The first-order chi connectivity index (χ1) is 17.2. The Morgan fingerprint density at radius 1 is 1.00 bits per heavy atom. The van der Waals surface area contributed by atoms with Crippen LogP contribution in [0.2, 0.25) is 0 Å². The minimum Gasteiger partial charge on any atom is -0.454 e. The van der Waals surface area contributed by atoms with E-state index in [4.69, 9.17) is 9.47 Å². The lowest BCUT2D eigenvalue weighted by Crippen LogP contribution is -2.42. The van der Waals surface area contributed by atoms with Gasteiger partial charge in [0.05, 0.1) is 12.1 Å². The maximum Gasteiger partial charge on any atom is 0.416 e. The molecule has 1 aliphatic heterocycles. The average Bonchev–Trinajstić information content (AvgIpc) is 3.54. The van der Waals surface area contributed by atoms with E-state index in [1.807, 2.05) is 29.6 Å². The molecular weight excluding hydrogens is 493 g/mol. The lowest BCUT2D eigenvalue weighted by atomic mass is 10.1. The van der Waals surface area contributed by atoms with E-state index in [0.717, 1.165) is 34.7 Å². The quantitative estimate of drug-likeness (QED) is 0.360. The molecule has 36 heavy (non-hydrogen) atoms. The van der Waals surface area contributed by atoms with Gasteiger partial charge in [-0.3, -0.25) is 9.59 Å². The highest BCUT2D eigenvalue weighted by atomic mass is 32.1. The number of benzene rings is 2. The van der Waals surface area contributed by atoms with Crippen molar-refractivity contribution in [1.29, 1.82) is 0 Å². The highest BCUT2D eigenvalue weighted by Gasteiger charge is 2.31. The Kier molecular flexibility index (Phi) is 7.64. The van der Waals surface area contributed by atoms with E-state index in [-0.39, 0.29) is 37.9 Å². The van der Waals surface area contributed by atoms with Crippen LogP contribution in [0.1, 0.15) is 26.4 Å². The van der Waals surface area contributed by atoms with Crippen LogP contribution in [0.15, 0.2) is 72.6 Å². The van der Waals surface area contributed by atoms with Crippen LogP contribution in [0.4, 0.5) is 13.2 Å². The molecule has 2 amide bonds. The van der Waals surface area contributed by atoms with Crippen molar-refractivity contribution in [2.24, 2.45) is 0 Å². The van der Waals surface area contributed by atoms with Crippen molar-refractivity contribution in [3.63, 3.8) is 0 Å². The number of carbonyl (C=O) groups is 2. The van der Waals surface area contributed by atoms with Crippen LogP contribution in [0, 0.1) is 0 Å². The Bertz CT molecular complexity index is 1230. The fourth-order valence-corrected chi connectivity index (χ4v) is 4.42. The summed E-state index contributed by atoms with van der Waals surface area (Å²) < 4.78 is 49.5. The normalized spacial score (nSPS) is 12.3. The van der Waals surface area contributed by atoms with Crippen molar-refractivity contribution in [2.75, 3.05) is 19.9 Å². The molecule has 2 aromatic carbocycles. The minimum atomic E-state index is -4.50. The number of carbonyl (C=O) groups excluding carboxylic acids is 2. The number of fused-ring (bicyclic) bond motifs is 1. The third-order valence-corrected chi connectivity index (χ3v) is 6.37. The molecule has 4 rings (SSSR count). The van der Waals surface area contributed by atoms with Gasteiger partial charge in [-0.1, -0.05) is 18.2 Å². The molecule has 3 aromatic rings. The molecule has 0 saturated heterocycles. The zero-order valence-electron chi connectivity index (χ0n) is 19.2. The largest absolute Gasteiger partial charge is 0.454 e. The molecule has 0 unspecified atom stereocenters. The van der Waals surface area contributed by atoms with Gasteiger partial charge >= 0.3 is 6.18 Å². The monoisotopic (exact) mass is 516 g/mol. The average molecular weight is 517 g/mol. The number of thiophene rings is 1. The van der Waals surface area contributed by atoms with Crippen LogP contribution < -0.4 is 9.47 Å². The summed E-state index contributed by atoms with van der Waals surface area (Å²) in [6.07, 6.45) is -3.04. The molecule has 1 aliphatic rings. The topological polar surface area (TPSA) is 59.1 Å². The van der Waals surface area contributed by atoms with Crippen LogP contribution in [0.25, 0.3) is 0 Å². The van der Waals surface area contributed by atoms with Crippen molar-refractivity contribution in [3.05, 3.63) is 94.2 Å². The van der Waals surface area contributed by atoms with E-state index < -0.39 is 17.6 Å². The number of nitrogens with zero attached hydrogens (tertiary/aromatic N) is 2. The first-order valence-corrected chi connectivity index (χ1v) is 11.9. The zero-order valence-corrected chi connectivity index (χ0v) is 20.0. The van der Waals surface area contributed by atoms with Gasteiger partial charge in [0, 0.05) is 23.5 Å². The molecule has 0 spiro atoms. The standard InChI is InChI=1S/C26H23F3N2O4S/c1-2-11-30(25(33)19-6-8-20(9-7-19)26(27,28)29)16-24(32)31(15-21-4-3-12-36-21)14-18-5-10-22-23(13-18)35-17-34-22/h2-10,12-13H,1,11,14-17H2. The molecule has 0 saturated carbocycles. The Morgan fingerprint density at radius 3 is 2.42 bits per heavy atom. The van der Waals surface area contributed by atoms with Crippen LogP contribution in [-0.2, 0) is 24.1 Å². The molecule has 0 aliphatic carbocycles. The van der Waals surface area contributed by atoms with Crippen LogP contribution in [0.3, 0.4) is 0 Å². The summed E-state index contributed by atoms with van der Waals surface area (Å²) in [5, 5.41) is 1.91. The predicted molar refractivity (Wildman–Crippen MR) is 129 cm³/mol. The number of halogens is 3. The summed E-state index contributed by atoms with van der Waals surface area (Å²) in [6, 6.07) is 13.2. The highest BCUT2D eigenvalue weighted by Crippen LogP contribution is 2.33. The smallest absolute Gasteiger partial charge is 0.416 e. The molecule has 188 valence electrons. The fourth-order valence-electron chi connectivity index (χ4n) is 3.71. The lowest BCUT2D eigenvalue weighted by molar-refractivity contribution is -0.137. The Labute approximate surface area is 210 Å². The molecular formula is C26H23F3N2O4S. The number of ether oxygens (including phenoxy) is 2. The number of rotatable bonds is 9. The Balaban J connectivity index is 1.52. The number of hydrogen-bond donors (Lipinski definition) is 0. The predicted octanol–water partition coefficient (Wildman–Crippen LogP) is 5.35. The van der Waals surface area contributed by atoms with E-state index in [0.29, 0.717) is 18.0 Å². The summed E-state index contributed by atoms with van der Waals surface area (Å²) in [6.45, 7) is 4.18. The second kappa shape index (κ2) is 10.9. The van der Waals surface area contributed by atoms with Gasteiger partial charge in [-0.25, -0.2) is 0 Å². The summed E-state index contributed by atoms with van der Waals surface area (Å²) in [5.41, 5.74) is 0.0305. The molecule has 1 aromatic heterocycles. The fraction of sp³-hybridized carbons (Fsp3) is 0.231. The van der Waals surface area contributed by atoms with Crippen molar-refractivity contribution >= 4 is 23.2 Å². The molecule has 0 atom stereocenters. The summed E-state index contributed by atoms with van der Waals surface area (Å²) in [4.78, 5) is 30.3. The summed E-state index contributed by atoms with van der Waals surface area (Å²) >= 11 is 1.51. The molecule has 6 nitrogen and oxygen atoms in total. The van der Waals surface area contributed by atoms with Gasteiger partial charge in [0.2, 0.25) is 12.7 Å². The second-order valence-corrected chi connectivity index (χ2v) is 9.10. The van der Waals surface area contributed by atoms with E-state index in [1.165, 1.54) is 22.3 Å². The van der Waals surface area contributed by atoms with Gasteiger partial charge in [0.15, 0.2) is 11.5 Å². The van der Waals surface area contributed by atoms with Gasteiger partial charge in [-0.2, -0.15) is 13.2 Å². The summed E-state index contributed by atoms with van der Waals surface area (Å²) in [7, 11) is 0. The SMILES string of the molecule is C=CCN(CC(=O)N(Cc1ccc2c(c1)OCO2)Cc1cccs1)C(=O)c1ccc(C(F)(F)F)cc1. The van der Waals surface area contributed by atoms with E-state index in [9.17, 15) is 22.8 Å². The molecule has 0 fully saturated rings. The Morgan fingerprint density at radius 2 is 1.75 bits per heavy atom.